The molecule has 0 spiro atoms. The van der Waals surface area contributed by atoms with E-state index in [1.165, 1.54) is 20.0 Å². The van der Waals surface area contributed by atoms with E-state index in [1.54, 1.807) is 0 Å². The maximum absolute atomic E-state index is 11.7. The van der Waals surface area contributed by atoms with E-state index in [2.05, 4.69) is 24.2 Å². The lowest BCUT2D eigenvalue weighted by Crippen LogP contribution is -2.57. The summed E-state index contributed by atoms with van der Waals surface area (Å²) in [6, 6.07) is 1.27. The third kappa shape index (κ3) is 2.69. The molecule has 2 aliphatic heterocycles. The first-order valence-electron chi connectivity index (χ1n) is 7.14. The van der Waals surface area contributed by atoms with E-state index >= 15 is 0 Å². The average Bonchev–Trinajstić information content (AvgIpc) is 2.60. The topological polar surface area (TPSA) is 41.6 Å². The molecule has 2 heterocycles. The van der Waals surface area contributed by atoms with Crippen LogP contribution in [-0.4, -0.2) is 49.2 Å². The molecule has 2 saturated heterocycles. The van der Waals surface area contributed by atoms with Crippen molar-refractivity contribution in [3.63, 3.8) is 0 Å². The number of carbonyl (C=O) groups is 1. The molecule has 4 nitrogen and oxygen atoms in total. The van der Waals surface area contributed by atoms with Gasteiger partial charge in [-0.3, -0.25) is 4.79 Å². The van der Waals surface area contributed by atoms with Gasteiger partial charge in [0.05, 0.1) is 13.5 Å². The van der Waals surface area contributed by atoms with E-state index < -0.39 is 0 Å². The van der Waals surface area contributed by atoms with Crippen LogP contribution in [0.2, 0.25) is 0 Å². The van der Waals surface area contributed by atoms with E-state index in [0.29, 0.717) is 18.5 Å². The summed E-state index contributed by atoms with van der Waals surface area (Å²) in [5, 5.41) is 3.64. The van der Waals surface area contributed by atoms with Gasteiger partial charge in [-0.25, -0.2) is 0 Å². The van der Waals surface area contributed by atoms with Crippen molar-refractivity contribution in [2.24, 2.45) is 0 Å². The number of hydrogen-bond donors (Lipinski definition) is 1. The van der Waals surface area contributed by atoms with Crippen molar-refractivity contribution in [1.82, 2.24) is 10.2 Å². The maximum Gasteiger partial charge on any atom is 0.307 e. The molecule has 104 valence electrons. The zero-order valence-electron chi connectivity index (χ0n) is 11.9. The maximum atomic E-state index is 11.7. The molecule has 0 aromatic heterocycles. The van der Waals surface area contributed by atoms with E-state index in [-0.39, 0.29) is 11.5 Å². The Morgan fingerprint density at radius 3 is 2.50 bits per heavy atom. The second-order valence-electron chi connectivity index (χ2n) is 5.92. The zero-order valence-corrected chi connectivity index (χ0v) is 11.9. The molecule has 2 aliphatic rings. The second kappa shape index (κ2) is 5.57. The fourth-order valence-electron chi connectivity index (χ4n) is 3.66. The number of carbonyl (C=O) groups excluding carboxylic acids is 1. The third-order valence-electron chi connectivity index (χ3n) is 4.70. The van der Waals surface area contributed by atoms with Gasteiger partial charge in [0.25, 0.3) is 0 Å². The van der Waals surface area contributed by atoms with Crippen molar-refractivity contribution in [3.8, 4) is 0 Å². The first-order valence-corrected chi connectivity index (χ1v) is 7.14. The summed E-state index contributed by atoms with van der Waals surface area (Å²) >= 11 is 0. The Morgan fingerprint density at radius 2 is 2.00 bits per heavy atom. The van der Waals surface area contributed by atoms with Gasteiger partial charge in [-0.2, -0.15) is 0 Å². The zero-order chi connectivity index (χ0) is 13.2. The highest BCUT2D eigenvalue weighted by molar-refractivity contribution is 5.70. The predicted molar refractivity (Wildman–Crippen MR) is 71.5 cm³/mol. The second-order valence-corrected chi connectivity index (χ2v) is 5.92. The lowest BCUT2D eigenvalue weighted by Gasteiger charge is -2.45. The van der Waals surface area contributed by atoms with Crippen molar-refractivity contribution >= 4 is 5.97 Å². The molecule has 2 fully saturated rings. The highest BCUT2D eigenvalue weighted by Crippen LogP contribution is 2.41. The summed E-state index contributed by atoms with van der Waals surface area (Å²) in [6.07, 6.45) is 6.33. The Bertz CT molecular complexity index is 292. The van der Waals surface area contributed by atoms with Crippen LogP contribution in [0.25, 0.3) is 0 Å². The summed E-state index contributed by atoms with van der Waals surface area (Å²) in [7, 11) is 3.71. The summed E-state index contributed by atoms with van der Waals surface area (Å²) in [5.41, 5.74) is -0.0263. The van der Waals surface area contributed by atoms with Gasteiger partial charge in [-0.15, -0.1) is 0 Å². The van der Waals surface area contributed by atoms with Crippen molar-refractivity contribution in [2.75, 3.05) is 20.7 Å². The van der Waals surface area contributed by atoms with Gasteiger partial charge in [0.2, 0.25) is 0 Å². The van der Waals surface area contributed by atoms with Crippen LogP contribution in [0.5, 0.6) is 0 Å². The fraction of sp³-hybridized carbons (Fsp3) is 0.929. The number of piperidine rings is 1. The van der Waals surface area contributed by atoms with Gasteiger partial charge in [0.15, 0.2) is 0 Å². The first kappa shape index (κ1) is 13.8. The fourth-order valence-corrected chi connectivity index (χ4v) is 3.66. The highest BCUT2D eigenvalue weighted by Gasteiger charge is 2.47. The normalized spacial score (nSPS) is 35.7. The molecule has 18 heavy (non-hydrogen) atoms. The predicted octanol–water partition coefficient (Wildman–Crippen LogP) is 1.54. The molecular formula is C14H26N2O2. The first-order chi connectivity index (χ1) is 8.60. The van der Waals surface area contributed by atoms with Crippen molar-refractivity contribution in [3.05, 3.63) is 0 Å². The molecule has 2 bridgehead atoms. The van der Waals surface area contributed by atoms with E-state index in [9.17, 15) is 4.79 Å². The number of fused-ring (bicyclic) bond motifs is 2. The van der Waals surface area contributed by atoms with E-state index in [1.807, 2.05) is 0 Å². The van der Waals surface area contributed by atoms with Gasteiger partial charge in [0.1, 0.15) is 0 Å². The van der Waals surface area contributed by atoms with Crippen LogP contribution in [-0.2, 0) is 9.53 Å². The average molecular weight is 254 g/mol. The molecular weight excluding hydrogens is 228 g/mol. The van der Waals surface area contributed by atoms with Crippen molar-refractivity contribution < 1.29 is 9.53 Å². The number of hydrogen-bond acceptors (Lipinski definition) is 4. The Balaban J connectivity index is 2.08. The Morgan fingerprint density at radius 1 is 1.39 bits per heavy atom. The van der Waals surface area contributed by atoms with Crippen LogP contribution in [0.15, 0.2) is 0 Å². The molecule has 0 amide bonds. The molecule has 0 aromatic carbocycles. The number of nitrogens with zero attached hydrogens (tertiary/aromatic N) is 1. The third-order valence-corrected chi connectivity index (χ3v) is 4.70. The molecule has 2 rings (SSSR count). The lowest BCUT2D eigenvalue weighted by molar-refractivity contribution is -0.143. The molecule has 4 heteroatoms. The van der Waals surface area contributed by atoms with Gasteiger partial charge in [-0.05, 0) is 45.7 Å². The van der Waals surface area contributed by atoms with Gasteiger partial charge < -0.3 is 15.0 Å². The SMILES string of the molecule is CCCNC1(CC(=O)OC)CC2CCC(C1)N2C. The minimum Gasteiger partial charge on any atom is -0.469 e. The number of esters is 1. The van der Waals surface area contributed by atoms with Crippen LogP contribution in [0, 0.1) is 0 Å². The number of ether oxygens (including phenoxy) is 1. The Labute approximate surface area is 110 Å². The summed E-state index contributed by atoms with van der Waals surface area (Å²) in [4.78, 5) is 14.2. The number of methoxy groups -OCH3 is 1. The molecule has 0 saturated carbocycles. The smallest absolute Gasteiger partial charge is 0.307 e. The minimum absolute atomic E-state index is 0.0263. The van der Waals surface area contributed by atoms with E-state index in [0.717, 1.165) is 25.8 Å². The van der Waals surface area contributed by atoms with Crippen molar-refractivity contribution in [2.45, 2.75) is 63.1 Å². The standard InChI is InChI=1S/C14H26N2O2/c1-4-7-15-14(10-13(17)18-3)8-11-5-6-12(9-14)16(11)2/h11-12,15H,4-10H2,1-3H3. The van der Waals surface area contributed by atoms with Gasteiger partial charge in [-0.1, -0.05) is 6.92 Å². The van der Waals surface area contributed by atoms with Crippen LogP contribution in [0.3, 0.4) is 0 Å². The molecule has 0 aromatic rings. The van der Waals surface area contributed by atoms with Gasteiger partial charge in [0, 0.05) is 17.6 Å². The lowest BCUT2D eigenvalue weighted by atomic mass is 9.80. The Hall–Kier alpha value is -0.610. The summed E-state index contributed by atoms with van der Waals surface area (Å²) in [6.45, 7) is 3.16. The quantitative estimate of drug-likeness (QED) is 0.756. The molecule has 1 N–H and O–H groups in total. The largest absolute Gasteiger partial charge is 0.469 e. The van der Waals surface area contributed by atoms with Crippen LogP contribution < -0.4 is 5.32 Å². The molecule has 0 aliphatic carbocycles. The van der Waals surface area contributed by atoms with Gasteiger partial charge >= 0.3 is 5.97 Å². The molecule has 2 unspecified atom stereocenters. The van der Waals surface area contributed by atoms with Crippen LogP contribution >= 0.6 is 0 Å². The summed E-state index contributed by atoms with van der Waals surface area (Å²) < 4.78 is 4.88. The summed E-state index contributed by atoms with van der Waals surface area (Å²) in [5.74, 6) is -0.0810. The minimum atomic E-state index is -0.0810. The molecule has 0 radical (unpaired) electrons. The van der Waals surface area contributed by atoms with Crippen LogP contribution in [0.4, 0.5) is 0 Å². The molecule has 2 atom stereocenters. The number of nitrogens with one attached hydrogen (secondary N) is 1. The number of rotatable bonds is 5. The van der Waals surface area contributed by atoms with Crippen LogP contribution in [0.1, 0.15) is 45.4 Å². The van der Waals surface area contributed by atoms with Crippen molar-refractivity contribution in [1.29, 1.82) is 0 Å². The highest BCUT2D eigenvalue weighted by atomic mass is 16.5. The monoisotopic (exact) mass is 254 g/mol. The van der Waals surface area contributed by atoms with E-state index in [4.69, 9.17) is 4.74 Å². The Kier molecular flexibility index (Phi) is 4.28.